The summed E-state index contributed by atoms with van der Waals surface area (Å²) in [7, 11) is 0. The van der Waals surface area contributed by atoms with Gasteiger partial charge in [0.25, 0.3) is 0 Å². The Kier molecular flexibility index (Phi) is 11.7. The molecule has 0 saturated carbocycles. The second-order valence-corrected chi connectivity index (χ2v) is 2.40. The number of aliphatic imine (C=N–C) groups is 1. The fourth-order valence-corrected chi connectivity index (χ4v) is 0.933. The van der Waals surface area contributed by atoms with E-state index in [9.17, 15) is 0 Å². The third-order valence-corrected chi connectivity index (χ3v) is 1.39. The van der Waals surface area contributed by atoms with Crippen molar-refractivity contribution in [3.05, 3.63) is 23.9 Å². The Bertz CT molecular complexity index is 188. The standard InChI is InChI=1S/C9H11N.C2H6.W/c1-3-10-9-6-4-5-8(2)7-9;1-2;/h4,6,8H,5H2,1-2H3;1-2H3;/q-2;;+2. The summed E-state index contributed by atoms with van der Waals surface area (Å²) >= 11 is 0. The Balaban J connectivity index is 0. The second-order valence-electron chi connectivity index (χ2n) is 2.40. The van der Waals surface area contributed by atoms with Gasteiger partial charge in [0.1, 0.15) is 0 Å². The molecule has 72 valence electrons. The summed E-state index contributed by atoms with van der Waals surface area (Å²) in [5.41, 5.74) is 0.918. The van der Waals surface area contributed by atoms with Gasteiger partial charge in [-0.05, 0) is 0 Å². The molecule has 0 bridgehead atoms. The summed E-state index contributed by atoms with van der Waals surface area (Å²) < 4.78 is 0. The van der Waals surface area contributed by atoms with Crippen molar-refractivity contribution in [1.82, 2.24) is 0 Å². The zero-order valence-electron chi connectivity index (χ0n) is 8.79. The van der Waals surface area contributed by atoms with Crippen molar-refractivity contribution >= 4 is 6.21 Å². The van der Waals surface area contributed by atoms with Gasteiger partial charge in [-0.2, -0.15) is 12.3 Å². The molecule has 0 fully saturated rings. The van der Waals surface area contributed by atoms with E-state index in [0.29, 0.717) is 5.92 Å². The first kappa shape index (κ1) is 15.3. The van der Waals surface area contributed by atoms with Crippen LogP contribution in [-0.4, -0.2) is 6.21 Å². The van der Waals surface area contributed by atoms with Crippen molar-refractivity contribution in [3.63, 3.8) is 0 Å². The van der Waals surface area contributed by atoms with Crippen LogP contribution in [0.5, 0.6) is 0 Å². The Morgan fingerprint density at radius 2 is 2.15 bits per heavy atom. The van der Waals surface area contributed by atoms with Crippen molar-refractivity contribution in [1.29, 1.82) is 0 Å². The molecule has 1 unspecified atom stereocenters. The van der Waals surface area contributed by atoms with Crippen LogP contribution in [0.3, 0.4) is 0 Å². The molecule has 0 heterocycles. The maximum Gasteiger partial charge on any atom is 2.00 e. The van der Waals surface area contributed by atoms with E-state index in [1.54, 1.807) is 6.92 Å². The first-order chi connectivity index (χ1) is 5.83. The number of hydrogen-bond acceptors (Lipinski definition) is 1. The molecule has 0 aromatic rings. The van der Waals surface area contributed by atoms with Crippen LogP contribution in [0.25, 0.3) is 0 Å². The zero-order valence-corrected chi connectivity index (χ0v) is 11.7. The Morgan fingerprint density at radius 3 is 2.62 bits per heavy atom. The quantitative estimate of drug-likeness (QED) is 0.510. The van der Waals surface area contributed by atoms with Crippen LogP contribution in [0.1, 0.15) is 34.1 Å². The molecule has 1 atom stereocenters. The number of allylic oxidation sites excluding steroid dienone is 3. The van der Waals surface area contributed by atoms with Gasteiger partial charge in [0.15, 0.2) is 0 Å². The molecule has 0 saturated heterocycles. The minimum atomic E-state index is 0. The molecule has 1 nitrogen and oxygen atoms in total. The first-order valence-corrected chi connectivity index (χ1v) is 4.50. The second kappa shape index (κ2) is 9.92. The predicted molar refractivity (Wildman–Crippen MR) is 54.1 cm³/mol. The van der Waals surface area contributed by atoms with Gasteiger partial charge in [-0.1, -0.05) is 27.2 Å². The van der Waals surface area contributed by atoms with Crippen LogP contribution in [0.4, 0.5) is 0 Å². The smallest absolute Gasteiger partial charge is 0.494 e. The molecule has 0 amide bonds. The molecule has 1 aliphatic rings. The van der Waals surface area contributed by atoms with E-state index < -0.39 is 0 Å². The van der Waals surface area contributed by atoms with Gasteiger partial charge >= 0.3 is 21.1 Å². The maximum atomic E-state index is 4.00. The van der Waals surface area contributed by atoms with Gasteiger partial charge < -0.3 is 11.1 Å². The predicted octanol–water partition coefficient (Wildman–Crippen LogP) is 3.26. The molecule has 0 N–H and O–H groups in total. The topological polar surface area (TPSA) is 12.4 Å². The molecule has 1 aliphatic carbocycles. The average molecular weight is 347 g/mol. The van der Waals surface area contributed by atoms with Gasteiger partial charge in [-0.25, -0.2) is 0 Å². The van der Waals surface area contributed by atoms with E-state index in [1.807, 2.05) is 19.9 Å². The summed E-state index contributed by atoms with van der Waals surface area (Å²) in [5.74, 6) is 0.511. The van der Waals surface area contributed by atoms with Crippen molar-refractivity contribution in [2.45, 2.75) is 34.1 Å². The van der Waals surface area contributed by atoms with E-state index in [4.69, 9.17) is 0 Å². The monoisotopic (exact) mass is 347 g/mol. The Labute approximate surface area is 96.3 Å². The molecular weight excluding hydrogens is 330 g/mol. The Hall–Kier alpha value is -0.162. The SMILES string of the molecule is CC.C[C-]=NC1=[C-]C(C)CC=C1.[W+2]. The van der Waals surface area contributed by atoms with Crippen molar-refractivity contribution in [2.75, 3.05) is 0 Å². The number of nitrogens with zero attached hydrogens (tertiary/aromatic N) is 1. The first-order valence-electron chi connectivity index (χ1n) is 4.50. The zero-order chi connectivity index (χ0) is 9.40. The van der Waals surface area contributed by atoms with E-state index in [-0.39, 0.29) is 21.1 Å². The Morgan fingerprint density at radius 1 is 1.54 bits per heavy atom. The van der Waals surface area contributed by atoms with Crippen LogP contribution in [0.2, 0.25) is 0 Å². The summed E-state index contributed by atoms with van der Waals surface area (Å²) in [4.78, 5) is 4.00. The molecule has 0 aromatic heterocycles. The third-order valence-electron chi connectivity index (χ3n) is 1.39. The van der Waals surface area contributed by atoms with Crippen molar-refractivity contribution in [3.8, 4) is 0 Å². The molecule has 0 spiro atoms. The fourth-order valence-electron chi connectivity index (χ4n) is 0.933. The molecule has 0 aliphatic heterocycles. The normalized spacial score (nSPS) is 20.0. The van der Waals surface area contributed by atoms with E-state index in [2.05, 4.69) is 30.3 Å². The summed E-state index contributed by atoms with van der Waals surface area (Å²) in [6, 6.07) is 0. The van der Waals surface area contributed by atoms with Crippen LogP contribution in [0, 0.1) is 12.0 Å². The van der Waals surface area contributed by atoms with Crippen molar-refractivity contribution < 1.29 is 21.1 Å². The number of hydrogen-bond donors (Lipinski definition) is 0. The third kappa shape index (κ3) is 6.95. The van der Waals surface area contributed by atoms with E-state index >= 15 is 0 Å². The van der Waals surface area contributed by atoms with Crippen LogP contribution in [-0.2, 0) is 21.1 Å². The molecule has 0 radical (unpaired) electrons. The summed E-state index contributed by atoms with van der Waals surface area (Å²) in [5, 5.41) is 0. The molecule has 2 heteroatoms. The minimum Gasteiger partial charge on any atom is -0.494 e. The van der Waals surface area contributed by atoms with Crippen LogP contribution in [0.15, 0.2) is 22.8 Å². The number of rotatable bonds is 1. The molecular formula is C11H17NW. The maximum absolute atomic E-state index is 4.00. The van der Waals surface area contributed by atoms with Gasteiger partial charge in [-0.3, -0.25) is 11.8 Å². The fraction of sp³-hybridized carbons (Fsp3) is 0.545. The van der Waals surface area contributed by atoms with Crippen molar-refractivity contribution in [2.24, 2.45) is 10.9 Å². The van der Waals surface area contributed by atoms with Gasteiger partial charge in [0, 0.05) is 0 Å². The van der Waals surface area contributed by atoms with Crippen LogP contribution >= 0.6 is 0 Å². The molecule has 1 rings (SSSR count). The summed E-state index contributed by atoms with van der Waals surface area (Å²) in [6.07, 6.45) is 11.1. The van der Waals surface area contributed by atoms with Crippen LogP contribution < -0.4 is 0 Å². The molecule has 0 aromatic carbocycles. The van der Waals surface area contributed by atoms with Gasteiger partial charge in [-0.15, -0.1) is 12.8 Å². The van der Waals surface area contributed by atoms with E-state index in [0.717, 1.165) is 12.1 Å². The van der Waals surface area contributed by atoms with E-state index in [1.165, 1.54) is 0 Å². The average Bonchev–Trinajstić information content (AvgIpc) is 2.09. The molecule has 13 heavy (non-hydrogen) atoms. The largest absolute Gasteiger partial charge is 2.00 e. The minimum absolute atomic E-state index is 0. The summed E-state index contributed by atoms with van der Waals surface area (Å²) in [6.45, 7) is 7.93. The van der Waals surface area contributed by atoms with Gasteiger partial charge in [0.2, 0.25) is 0 Å². The van der Waals surface area contributed by atoms with Gasteiger partial charge in [0.05, 0.1) is 0 Å².